The summed E-state index contributed by atoms with van der Waals surface area (Å²) in [4.78, 5) is 8.81. The average molecular weight is 190 g/mol. The number of hydrogen-bond donors (Lipinski definition) is 2. The Morgan fingerprint density at radius 3 is 1.50 bits per heavy atom. The molecule has 0 heterocycles. The van der Waals surface area contributed by atoms with Crippen molar-refractivity contribution in [3.63, 3.8) is 0 Å². The van der Waals surface area contributed by atoms with Crippen LogP contribution < -0.4 is 0 Å². The molecule has 0 aromatic heterocycles. The molecule has 2 N–H and O–H groups in total. The van der Waals surface area contributed by atoms with Crippen LogP contribution in [-0.2, 0) is 31.1 Å². The SMILES string of the molecule is CC=O.O=S(O)OS(=O)O. The van der Waals surface area contributed by atoms with E-state index >= 15 is 0 Å². The van der Waals surface area contributed by atoms with Gasteiger partial charge in [-0.25, -0.2) is 0 Å². The van der Waals surface area contributed by atoms with Crippen LogP contribution in [-0.4, -0.2) is 23.8 Å². The van der Waals surface area contributed by atoms with Gasteiger partial charge in [-0.15, -0.1) is 3.63 Å². The van der Waals surface area contributed by atoms with Crippen LogP contribution in [0.15, 0.2) is 0 Å². The quantitative estimate of drug-likeness (QED) is 0.449. The Balaban J connectivity index is 0. The summed E-state index contributed by atoms with van der Waals surface area (Å²) in [6.45, 7) is 1.44. The molecule has 0 spiro atoms. The minimum absolute atomic E-state index is 0.750. The summed E-state index contributed by atoms with van der Waals surface area (Å²) in [5.41, 5.74) is 0. The first-order valence-electron chi connectivity index (χ1n) is 1.84. The largest absolute Gasteiger partial charge is 0.317 e. The average Bonchev–Trinajstić information content (AvgIpc) is 1.62. The van der Waals surface area contributed by atoms with Crippen LogP contribution >= 0.6 is 0 Å². The number of aldehydes is 1. The summed E-state index contributed by atoms with van der Waals surface area (Å²) < 4.78 is 37.2. The highest BCUT2D eigenvalue weighted by atomic mass is 32.3. The summed E-state index contributed by atoms with van der Waals surface area (Å²) in [6, 6.07) is 0. The molecular weight excluding hydrogens is 184 g/mol. The van der Waals surface area contributed by atoms with E-state index in [2.05, 4.69) is 3.63 Å². The Kier molecular flexibility index (Phi) is 11.1. The molecule has 0 aliphatic rings. The Labute approximate surface area is 62.6 Å². The second-order valence-corrected chi connectivity index (χ2v) is 2.15. The van der Waals surface area contributed by atoms with Gasteiger partial charge in [-0.3, -0.25) is 9.11 Å². The lowest BCUT2D eigenvalue weighted by Gasteiger charge is -1.82. The summed E-state index contributed by atoms with van der Waals surface area (Å²) in [5, 5.41) is 0. The summed E-state index contributed by atoms with van der Waals surface area (Å²) in [5.74, 6) is 0. The maximum absolute atomic E-state index is 9.35. The van der Waals surface area contributed by atoms with Crippen molar-refractivity contribution in [3.8, 4) is 0 Å². The molecule has 0 aromatic rings. The molecule has 0 radical (unpaired) electrons. The Bertz CT molecular complexity index is 120. The van der Waals surface area contributed by atoms with Gasteiger partial charge in [0.05, 0.1) is 0 Å². The molecule has 0 aromatic carbocycles. The smallest absolute Gasteiger partial charge is 0.304 e. The molecule has 62 valence electrons. The molecule has 10 heavy (non-hydrogen) atoms. The van der Waals surface area contributed by atoms with E-state index in [1.165, 1.54) is 6.92 Å². The van der Waals surface area contributed by atoms with Gasteiger partial charge in [0.1, 0.15) is 6.29 Å². The van der Waals surface area contributed by atoms with Crippen LogP contribution in [0.5, 0.6) is 0 Å². The van der Waals surface area contributed by atoms with Crippen LogP contribution in [0.1, 0.15) is 6.92 Å². The lowest BCUT2D eigenvalue weighted by atomic mass is 11.0. The number of hydrogen-bond acceptors (Lipinski definition) is 4. The fraction of sp³-hybridized carbons (Fsp3) is 0.500. The third-order valence-electron chi connectivity index (χ3n) is 0.116. The van der Waals surface area contributed by atoms with E-state index in [1.807, 2.05) is 0 Å². The molecule has 8 heteroatoms. The van der Waals surface area contributed by atoms with E-state index in [0.29, 0.717) is 0 Å². The van der Waals surface area contributed by atoms with Gasteiger partial charge >= 0.3 is 22.7 Å². The highest BCUT2D eigenvalue weighted by Gasteiger charge is 1.95. The van der Waals surface area contributed by atoms with Gasteiger partial charge in [0.2, 0.25) is 0 Å². The van der Waals surface area contributed by atoms with Crippen molar-refractivity contribution < 1.29 is 25.9 Å². The predicted octanol–water partition coefficient (Wildman–Crippen LogP) is -0.518. The molecule has 0 fully saturated rings. The lowest BCUT2D eigenvalue weighted by molar-refractivity contribution is -0.106. The molecule has 0 unspecified atom stereocenters. The van der Waals surface area contributed by atoms with Crippen LogP contribution in [0.25, 0.3) is 0 Å². The van der Waals surface area contributed by atoms with E-state index in [4.69, 9.17) is 13.9 Å². The van der Waals surface area contributed by atoms with Gasteiger partial charge in [-0.05, 0) is 6.92 Å². The molecule has 6 nitrogen and oxygen atoms in total. The van der Waals surface area contributed by atoms with E-state index in [1.54, 1.807) is 0 Å². The zero-order valence-corrected chi connectivity index (χ0v) is 6.55. The van der Waals surface area contributed by atoms with Crippen molar-refractivity contribution in [2.75, 3.05) is 0 Å². The van der Waals surface area contributed by atoms with Gasteiger partial charge < -0.3 is 4.79 Å². The van der Waals surface area contributed by atoms with Gasteiger partial charge in [0.25, 0.3) is 0 Å². The van der Waals surface area contributed by atoms with Crippen LogP contribution in [0.2, 0.25) is 0 Å². The van der Waals surface area contributed by atoms with E-state index < -0.39 is 22.7 Å². The lowest BCUT2D eigenvalue weighted by Crippen LogP contribution is -1.96. The summed E-state index contributed by atoms with van der Waals surface area (Å²) >= 11 is -5.29. The molecule has 0 atom stereocenters. The molecule has 0 amide bonds. The van der Waals surface area contributed by atoms with Gasteiger partial charge in [0, 0.05) is 0 Å². The standard InChI is InChI=1S/C2H4O.H2O5S2/c1-2-3;1-6(2)5-7(3)4/h2H,1H3;(H,1,2)(H,3,4). The van der Waals surface area contributed by atoms with Crippen molar-refractivity contribution in [3.05, 3.63) is 0 Å². The molecule has 0 saturated carbocycles. The Morgan fingerprint density at radius 1 is 1.30 bits per heavy atom. The van der Waals surface area contributed by atoms with Crippen molar-refractivity contribution in [1.29, 1.82) is 0 Å². The Morgan fingerprint density at radius 2 is 1.50 bits per heavy atom. The second-order valence-electron chi connectivity index (χ2n) is 0.738. The first kappa shape index (κ1) is 12.5. The normalized spacial score (nSPS) is 14.3. The second kappa shape index (κ2) is 8.85. The van der Waals surface area contributed by atoms with Crippen molar-refractivity contribution in [1.82, 2.24) is 0 Å². The van der Waals surface area contributed by atoms with Crippen LogP contribution in [0.4, 0.5) is 0 Å². The topological polar surface area (TPSA) is 101 Å². The van der Waals surface area contributed by atoms with Crippen LogP contribution in [0.3, 0.4) is 0 Å². The number of carbonyl (C=O) groups excluding carboxylic acids is 1. The van der Waals surface area contributed by atoms with E-state index in [9.17, 15) is 8.42 Å². The van der Waals surface area contributed by atoms with Crippen LogP contribution in [0, 0.1) is 0 Å². The molecule has 0 bridgehead atoms. The predicted molar refractivity (Wildman–Crippen MR) is 34.4 cm³/mol. The maximum Gasteiger partial charge on any atom is 0.317 e. The monoisotopic (exact) mass is 190 g/mol. The minimum atomic E-state index is -2.65. The van der Waals surface area contributed by atoms with Crippen molar-refractivity contribution in [2.45, 2.75) is 6.92 Å². The number of carbonyl (C=O) groups is 1. The minimum Gasteiger partial charge on any atom is -0.304 e. The first-order valence-corrected chi connectivity index (χ1v) is 3.91. The highest BCUT2D eigenvalue weighted by Crippen LogP contribution is 1.79. The first-order chi connectivity index (χ1) is 4.54. The zero-order valence-electron chi connectivity index (χ0n) is 4.92. The Hall–Kier alpha value is -0.150. The van der Waals surface area contributed by atoms with Crippen molar-refractivity contribution >= 4 is 29.0 Å². The third-order valence-corrected chi connectivity index (χ3v) is 1.05. The van der Waals surface area contributed by atoms with Gasteiger partial charge in [0.15, 0.2) is 0 Å². The molecule has 0 aliphatic carbocycles. The van der Waals surface area contributed by atoms with E-state index in [0.717, 1.165) is 6.29 Å². The summed E-state index contributed by atoms with van der Waals surface area (Å²) in [7, 11) is 0. The van der Waals surface area contributed by atoms with E-state index in [-0.39, 0.29) is 0 Å². The maximum atomic E-state index is 9.35. The molecule has 0 rings (SSSR count). The number of rotatable bonds is 2. The fourth-order valence-electron chi connectivity index (χ4n) is 0.0498. The molecule has 0 saturated heterocycles. The van der Waals surface area contributed by atoms with Gasteiger partial charge in [-0.1, -0.05) is 0 Å². The third kappa shape index (κ3) is 24.9. The zero-order chi connectivity index (χ0) is 8.57. The fourth-order valence-corrected chi connectivity index (χ4v) is 0.448. The van der Waals surface area contributed by atoms with Gasteiger partial charge in [-0.2, -0.15) is 8.42 Å². The summed E-state index contributed by atoms with van der Waals surface area (Å²) in [6.07, 6.45) is 0.750. The van der Waals surface area contributed by atoms with Crippen molar-refractivity contribution in [2.24, 2.45) is 0 Å². The highest BCUT2D eigenvalue weighted by molar-refractivity contribution is 7.87. The molecular formula is C2H6O6S2. The molecule has 0 aliphatic heterocycles.